The van der Waals surface area contributed by atoms with Gasteiger partial charge in [0.25, 0.3) is 15.9 Å². The van der Waals surface area contributed by atoms with Crippen LogP contribution in [0.3, 0.4) is 0 Å². The summed E-state index contributed by atoms with van der Waals surface area (Å²) in [5, 5.41) is 0. The molecule has 0 radical (unpaired) electrons. The SMILES string of the molecule is CN(C)C(=O)COC(=O)c1cccc(NS(=O)(=O)c2ccccc2)c1. The predicted molar refractivity (Wildman–Crippen MR) is 92.7 cm³/mol. The summed E-state index contributed by atoms with van der Waals surface area (Å²) in [4.78, 5) is 24.9. The van der Waals surface area contributed by atoms with Crippen molar-refractivity contribution in [3.8, 4) is 0 Å². The third-order valence-electron chi connectivity index (χ3n) is 3.23. The number of sulfonamides is 1. The molecule has 0 heterocycles. The van der Waals surface area contributed by atoms with Gasteiger partial charge in [-0.1, -0.05) is 24.3 Å². The molecule has 0 bridgehead atoms. The fourth-order valence-corrected chi connectivity index (χ4v) is 2.93. The summed E-state index contributed by atoms with van der Waals surface area (Å²) in [7, 11) is -0.654. The standard InChI is InChI=1S/C17H18N2O5S/c1-19(2)16(20)12-24-17(21)13-7-6-8-14(11-13)18-25(22,23)15-9-4-3-5-10-15/h3-11,18H,12H2,1-2H3. The summed E-state index contributed by atoms with van der Waals surface area (Å²) in [6, 6.07) is 13.7. The van der Waals surface area contributed by atoms with Gasteiger partial charge in [-0.15, -0.1) is 0 Å². The molecule has 2 aromatic carbocycles. The molecule has 0 fully saturated rings. The summed E-state index contributed by atoms with van der Waals surface area (Å²) < 4.78 is 31.9. The Kier molecular flexibility index (Phi) is 5.76. The van der Waals surface area contributed by atoms with Crippen LogP contribution in [0.4, 0.5) is 5.69 Å². The maximum Gasteiger partial charge on any atom is 0.338 e. The van der Waals surface area contributed by atoms with Crippen LogP contribution in [-0.4, -0.2) is 45.9 Å². The molecular formula is C17H18N2O5S. The van der Waals surface area contributed by atoms with Crippen molar-refractivity contribution in [2.45, 2.75) is 4.90 Å². The van der Waals surface area contributed by atoms with Crippen molar-refractivity contribution in [2.24, 2.45) is 0 Å². The molecule has 0 unspecified atom stereocenters. The lowest BCUT2D eigenvalue weighted by molar-refractivity contribution is -0.131. The van der Waals surface area contributed by atoms with Crippen LogP contribution >= 0.6 is 0 Å². The van der Waals surface area contributed by atoms with Gasteiger partial charge in [-0.25, -0.2) is 13.2 Å². The third-order valence-corrected chi connectivity index (χ3v) is 4.63. The first kappa shape index (κ1) is 18.5. The van der Waals surface area contributed by atoms with Gasteiger partial charge in [0.05, 0.1) is 10.5 Å². The average Bonchev–Trinajstić information content (AvgIpc) is 2.59. The second-order valence-electron chi connectivity index (χ2n) is 5.36. The van der Waals surface area contributed by atoms with Crippen LogP contribution in [0.25, 0.3) is 0 Å². The molecule has 8 heteroatoms. The number of rotatable bonds is 6. The van der Waals surface area contributed by atoms with Gasteiger partial charge in [-0.2, -0.15) is 0 Å². The fraction of sp³-hybridized carbons (Fsp3) is 0.176. The molecule has 25 heavy (non-hydrogen) atoms. The molecule has 0 aliphatic heterocycles. The van der Waals surface area contributed by atoms with E-state index >= 15 is 0 Å². The van der Waals surface area contributed by atoms with Crippen molar-refractivity contribution >= 4 is 27.6 Å². The highest BCUT2D eigenvalue weighted by atomic mass is 32.2. The summed E-state index contributed by atoms with van der Waals surface area (Å²) in [6.07, 6.45) is 0. The van der Waals surface area contributed by atoms with Crippen molar-refractivity contribution in [3.63, 3.8) is 0 Å². The number of nitrogens with zero attached hydrogens (tertiary/aromatic N) is 1. The Morgan fingerprint density at radius 1 is 1.04 bits per heavy atom. The number of amides is 1. The minimum absolute atomic E-state index is 0.111. The maximum atomic E-state index is 12.3. The van der Waals surface area contributed by atoms with Crippen LogP contribution in [0, 0.1) is 0 Å². The summed E-state index contributed by atoms with van der Waals surface area (Å²) >= 11 is 0. The van der Waals surface area contributed by atoms with Crippen LogP contribution in [-0.2, 0) is 19.6 Å². The minimum atomic E-state index is -3.76. The van der Waals surface area contributed by atoms with E-state index in [1.807, 2.05) is 0 Å². The molecule has 132 valence electrons. The van der Waals surface area contributed by atoms with Crippen LogP contribution in [0.2, 0.25) is 0 Å². The Balaban J connectivity index is 2.11. The van der Waals surface area contributed by atoms with Crippen molar-refractivity contribution < 1.29 is 22.7 Å². The maximum absolute atomic E-state index is 12.3. The van der Waals surface area contributed by atoms with Crippen molar-refractivity contribution in [1.82, 2.24) is 4.90 Å². The van der Waals surface area contributed by atoms with Crippen LogP contribution in [0.15, 0.2) is 59.5 Å². The van der Waals surface area contributed by atoms with Gasteiger partial charge in [-0.05, 0) is 30.3 Å². The molecule has 2 rings (SSSR count). The van der Waals surface area contributed by atoms with Crippen molar-refractivity contribution in [2.75, 3.05) is 25.4 Å². The van der Waals surface area contributed by atoms with Gasteiger partial charge in [0.15, 0.2) is 6.61 Å². The van der Waals surface area contributed by atoms with E-state index in [9.17, 15) is 18.0 Å². The Morgan fingerprint density at radius 3 is 2.36 bits per heavy atom. The summed E-state index contributed by atoms with van der Waals surface area (Å²) in [5.74, 6) is -1.06. The number of carbonyl (C=O) groups is 2. The molecule has 0 atom stereocenters. The third kappa shape index (κ3) is 5.05. The number of hydrogen-bond acceptors (Lipinski definition) is 5. The number of nitrogens with one attached hydrogen (secondary N) is 1. The minimum Gasteiger partial charge on any atom is -0.452 e. The van der Waals surface area contributed by atoms with E-state index in [1.54, 1.807) is 32.3 Å². The molecule has 0 saturated carbocycles. The number of carbonyl (C=O) groups excluding carboxylic acids is 2. The zero-order valence-electron chi connectivity index (χ0n) is 13.8. The molecule has 7 nitrogen and oxygen atoms in total. The van der Waals surface area contributed by atoms with Crippen LogP contribution in [0.1, 0.15) is 10.4 Å². The monoisotopic (exact) mass is 362 g/mol. The van der Waals surface area contributed by atoms with E-state index < -0.39 is 16.0 Å². The quantitative estimate of drug-likeness (QED) is 0.790. The molecule has 0 aromatic heterocycles. The highest BCUT2D eigenvalue weighted by molar-refractivity contribution is 7.92. The summed E-state index contributed by atoms with van der Waals surface area (Å²) in [6.45, 7) is -0.383. The van der Waals surface area contributed by atoms with Gasteiger partial charge in [0.1, 0.15) is 0 Å². The second kappa shape index (κ2) is 7.80. The first-order chi connectivity index (χ1) is 11.8. The van der Waals surface area contributed by atoms with E-state index in [0.717, 1.165) is 0 Å². The lowest BCUT2D eigenvalue weighted by Crippen LogP contribution is -2.27. The predicted octanol–water partition coefficient (Wildman–Crippen LogP) is 1.73. The van der Waals surface area contributed by atoms with E-state index in [2.05, 4.69) is 4.72 Å². The number of esters is 1. The fourth-order valence-electron chi connectivity index (χ4n) is 1.86. The Hall–Kier alpha value is -2.87. The zero-order valence-corrected chi connectivity index (χ0v) is 14.6. The smallest absolute Gasteiger partial charge is 0.338 e. The van der Waals surface area contributed by atoms with E-state index in [4.69, 9.17) is 4.74 Å². The molecule has 0 saturated heterocycles. The van der Waals surface area contributed by atoms with Gasteiger partial charge in [0, 0.05) is 19.8 Å². The van der Waals surface area contributed by atoms with Gasteiger partial charge in [-0.3, -0.25) is 9.52 Å². The zero-order chi connectivity index (χ0) is 18.4. The molecule has 2 aromatic rings. The molecule has 1 N–H and O–H groups in total. The number of ether oxygens (including phenoxy) is 1. The number of benzene rings is 2. The molecular weight excluding hydrogens is 344 g/mol. The number of hydrogen-bond donors (Lipinski definition) is 1. The lowest BCUT2D eigenvalue weighted by atomic mass is 10.2. The largest absolute Gasteiger partial charge is 0.452 e. The Bertz CT molecular complexity index is 864. The van der Waals surface area contributed by atoms with E-state index in [1.165, 1.54) is 41.3 Å². The first-order valence-electron chi connectivity index (χ1n) is 7.35. The van der Waals surface area contributed by atoms with E-state index in [0.29, 0.717) is 0 Å². The van der Waals surface area contributed by atoms with Crippen LogP contribution in [0.5, 0.6) is 0 Å². The second-order valence-corrected chi connectivity index (χ2v) is 7.05. The summed E-state index contributed by atoms with van der Waals surface area (Å²) in [5.41, 5.74) is 0.358. The topological polar surface area (TPSA) is 92.8 Å². The van der Waals surface area contributed by atoms with Crippen molar-refractivity contribution in [1.29, 1.82) is 0 Å². The lowest BCUT2D eigenvalue weighted by Gasteiger charge is -2.11. The van der Waals surface area contributed by atoms with Gasteiger partial charge >= 0.3 is 5.97 Å². The molecule has 0 aliphatic carbocycles. The average molecular weight is 362 g/mol. The highest BCUT2D eigenvalue weighted by Crippen LogP contribution is 2.17. The van der Waals surface area contributed by atoms with E-state index in [-0.39, 0.29) is 28.7 Å². The first-order valence-corrected chi connectivity index (χ1v) is 8.83. The highest BCUT2D eigenvalue weighted by Gasteiger charge is 2.16. The van der Waals surface area contributed by atoms with Crippen molar-refractivity contribution in [3.05, 3.63) is 60.2 Å². The molecule has 0 aliphatic rings. The van der Waals surface area contributed by atoms with Gasteiger partial charge in [0.2, 0.25) is 0 Å². The normalized spacial score (nSPS) is 10.8. The Labute approximate surface area is 146 Å². The Morgan fingerprint density at radius 2 is 1.72 bits per heavy atom. The number of anilines is 1. The molecule has 0 spiro atoms. The molecule has 1 amide bonds. The number of likely N-dealkylation sites (N-methyl/N-ethyl adjacent to an activating group) is 1. The van der Waals surface area contributed by atoms with Crippen LogP contribution < -0.4 is 4.72 Å². The van der Waals surface area contributed by atoms with Gasteiger partial charge < -0.3 is 9.64 Å².